The first kappa shape index (κ1) is 22.1. The van der Waals surface area contributed by atoms with Gasteiger partial charge in [-0.05, 0) is 69.5 Å². The molecule has 2 rings (SSSR count). The van der Waals surface area contributed by atoms with Crippen LogP contribution in [0.3, 0.4) is 0 Å². The lowest BCUT2D eigenvalue weighted by molar-refractivity contribution is -0.147. The molecule has 0 radical (unpaired) electrons. The zero-order valence-electron chi connectivity index (χ0n) is 17.3. The van der Waals surface area contributed by atoms with Gasteiger partial charge in [0, 0.05) is 17.7 Å². The van der Waals surface area contributed by atoms with E-state index in [1.807, 2.05) is 32.9 Å². The van der Waals surface area contributed by atoms with E-state index in [0.717, 1.165) is 22.4 Å². The van der Waals surface area contributed by atoms with E-state index in [1.54, 1.807) is 24.3 Å². The molecule has 6 heteroatoms. The first-order valence-corrected chi connectivity index (χ1v) is 9.53. The summed E-state index contributed by atoms with van der Waals surface area (Å²) < 4.78 is 10.6. The Kier molecular flexibility index (Phi) is 7.95. The molecule has 6 nitrogen and oxygen atoms in total. The maximum Gasteiger partial charge on any atom is 0.306 e. The first-order chi connectivity index (χ1) is 13.8. The predicted molar refractivity (Wildman–Crippen MR) is 111 cm³/mol. The van der Waals surface area contributed by atoms with Crippen LogP contribution in [0.1, 0.15) is 46.8 Å². The molecule has 0 heterocycles. The van der Waals surface area contributed by atoms with Crippen molar-refractivity contribution in [2.75, 3.05) is 18.5 Å². The van der Waals surface area contributed by atoms with E-state index in [2.05, 4.69) is 5.32 Å². The van der Waals surface area contributed by atoms with Crippen LogP contribution < -0.4 is 10.1 Å². The molecule has 29 heavy (non-hydrogen) atoms. The number of rotatable bonds is 9. The highest BCUT2D eigenvalue weighted by atomic mass is 16.5. The lowest BCUT2D eigenvalue weighted by atomic mass is 10.1. The number of hydrogen-bond donors (Lipinski definition) is 1. The van der Waals surface area contributed by atoms with Gasteiger partial charge >= 0.3 is 5.97 Å². The molecular formula is C23H27NO5. The van der Waals surface area contributed by atoms with Crippen molar-refractivity contribution >= 4 is 23.3 Å². The molecule has 0 atom stereocenters. The normalized spacial score (nSPS) is 10.3. The molecule has 154 valence electrons. The Morgan fingerprint density at radius 2 is 1.59 bits per heavy atom. The molecule has 2 aromatic rings. The minimum absolute atomic E-state index is 0.00367. The van der Waals surface area contributed by atoms with E-state index in [9.17, 15) is 14.4 Å². The van der Waals surface area contributed by atoms with Gasteiger partial charge in [0.2, 0.25) is 0 Å². The molecule has 0 aliphatic rings. The van der Waals surface area contributed by atoms with Crippen LogP contribution in [-0.2, 0) is 14.3 Å². The van der Waals surface area contributed by atoms with Gasteiger partial charge in [-0.3, -0.25) is 14.4 Å². The number of benzene rings is 2. The maximum atomic E-state index is 12.1. The van der Waals surface area contributed by atoms with Crippen molar-refractivity contribution in [3.8, 4) is 5.75 Å². The summed E-state index contributed by atoms with van der Waals surface area (Å²) in [5.74, 6) is -0.189. The smallest absolute Gasteiger partial charge is 0.306 e. The topological polar surface area (TPSA) is 81.7 Å². The van der Waals surface area contributed by atoms with Gasteiger partial charge in [0.05, 0.1) is 6.61 Å². The highest BCUT2D eigenvalue weighted by Gasteiger charge is 2.11. The minimum Gasteiger partial charge on any atom is -0.494 e. The Balaban J connectivity index is 1.68. The minimum atomic E-state index is -0.451. The molecular weight excluding hydrogens is 370 g/mol. The predicted octanol–water partition coefficient (Wildman–Crippen LogP) is 4.16. The van der Waals surface area contributed by atoms with Gasteiger partial charge < -0.3 is 14.8 Å². The van der Waals surface area contributed by atoms with Crippen molar-refractivity contribution in [3.63, 3.8) is 0 Å². The van der Waals surface area contributed by atoms with Gasteiger partial charge in [-0.2, -0.15) is 0 Å². The van der Waals surface area contributed by atoms with Gasteiger partial charge in [-0.1, -0.05) is 17.7 Å². The van der Waals surface area contributed by atoms with Crippen LogP contribution >= 0.6 is 0 Å². The van der Waals surface area contributed by atoms with E-state index in [0.29, 0.717) is 24.3 Å². The molecule has 0 saturated carbocycles. The number of aryl methyl sites for hydroxylation is 3. The fourth-order valence-corrected chi connectivity index (χ4v) is 2.96. The number of ether oxygens (including phenoxy) is 2. The SMILES string of the molecule is CC(=O)c1ccc(OCCCC(=O)OCC(=O)Nc2c(C)cc(C)cc2C)cc1. The van der Waals surface area contributed by atoms with E-state index in [4.69, 9.17) is 9.47 Å². The zero-order chi connectivity index (χ0) is 21.4. The second-order valence-corrected chi connectivity index (χ2v) is 7.02. The van der Waals surface area contributed by atoms with Gasteiger partial charge in [-0.25, -0.2) is 0 Å². The second kappa shape index (κ2) is 10.4. The van der Waals surface area contributed by atoms with Gasteiger partial charge in [-0.15, -0.1) is 0 Å². The number of ketones is 1. The Morgan fingerprint density at radius 3 is 2.17 bits per heavy atom. The molecule has 0 fully saturated rings. The molecule has 0 bridgehead atoms. The molecule has 0 unspecified atom stereocenters. The van der Waals surface area contributed by atoms with Crippen LogP contribution in [0.2, 0.25) is 0 Å². The van der Waals surface area contributed by atoms with Gasteiger partial charge in [0.25, 0.3) is 5.91 Å². The van der Waals surface area contributed by atoms with E-state index < -0.39 is 5.97 Å². The van der Waals surface area contributed by atoms with Crippen molar-refractivity contribution < 1.29 is 23.9 Å². The Bertz CT molecular complexity index is 864. The van der Waals surface area contributed by atoms with Crippen LogP contribution in [-0.4, -0.2) is 30.9 Å². The number of nitrogens with one attached hydrogen (secondary N) is 1. The standard InChI is InChI=1S/C23H27NO5/c1-15-12-16(2)23(17(3)13-15)24-21(26)14-29-22(27)6-5-11-28-20-9-7-19(8-10-20)18(4)25/h7-10,12-13H,5-6,11,14H2,1-4H3,(H,24,26). The average Bonchev–Trinajstić information content (AvgIpc) is 2.66. The van der Waals surface area contributed by atoms with Crippen molar-refractivity contribution in [2.45, 2.75) is 40.5 Å². The van der Waals surface area contributed by atoms with Crippen LogP contribution in [0.25, 0.3) is 0 Å². The van der Waals surface area contributed by atoms with Crippen LogP contribution in [0, 0.1) is 20.8 Å². The first-order valence-electron chi connectivity index (χ1n) is 9.53. The number of amides is 1. The largest absolute Gasteiger partial charge is 0.494 e. The van der Waals surface area contributed by atoms with Crippen molar-refractivity contribution in [1.29, 1.82) is 0 Å². The third kappa shape index (κ3) is 7.07. The molecule has 0 aliphatic carbocycles. The number of esters is 1. The summed E-state index contributed by atoms with van der Waals surface area (Å²) in [5, 5.41) is 2.80. The summed E-state index contributed by atoms with van der Waals surface area (Å²) in [7, 11) is 0. The monoisotopic (exact) mass is 397 g/mol. The summed E-state index contributed by atoms with van der Waals surface area (Å²) in [6, 6.07) is 10.8. The van der Waals surface area contributed by atoms with E-state index >= 15 is 0 Å². The molecule has 0 aliphatic heterocycles. The van der Waals surface area contributed by atoms with Crippen molar-refractivity contribution in [1.82, 2.24) is 0 Å². The highest BCUT2D eigenvalue weighted by Crippen LogP contribution is 2.21. The Labute approximate surface area is 171 Å². The fraction of sp³-hybridized carbons (Fsp3) is 0.348. The number of carbonyl (C=O) groups excluding carboxylic acids is 3. The third-order valence-corrected chi connectivity index (χ3v) is 4.36. The zero-order valence-corrected chi connectivity index (χ0v) is 17.3. The number of hydrogen-bond acceptors (Lipinski definition) is 5. The quantitative estimate of drug-likeness (QED) is 0.390. The molecule has 0 spiro atoms. The molecule has 0 saturated heterocycles. The summed E-state index contributed by atoms with van der Waals surface area (Å²) in [4.78, 5) is 35.1. The summed E-state index contributed by atoms with van der Waals surface area (Å²) >= 11 is 0. The van der Waals surface area contributed by atoms with Crippen LogP contribution in [0.15, 0.2) is 36.4 Å². The second-order valence-electron chi connectivity index (χ2n) is 7.02. The Hall–Kier alpha value is -3.15. The summed E-state index contributed by atoms with van der Waals surface area (Å²) in [5.41, 5.74) is 4.43. The Morgan fingerprint density at radius 1 is 0.966 bits per heavy atom. The van der Waals surface area contributed by atoms with Crippen LogP contribution in [0.4, 0.5) is 5.69 Å². The summed E-state index contributed by atoms with van der Waals surface area (Å²) in [6.45, 7) is 7.37. The lowest BCUT2D eigenvalue weighted by Crippen LogP contribution is -2.22. The van der Waals surface area contributed by atoms with E-state index in [1.165, 1.54) is 6.92 Å². The van der Waals surface area contributed by atoms with Crippen molar-refractivity contribution in [3.05, 3.63) is 58.7 Å². The third-order valence-electron chi connectivity index (χ3n) is 4.36. The van der Waals surface area contributed by atoms with Gasteiger partial charge in [0.1, 0.15) is 5.75 Å². The van der Waals surface area contributed by atoms with Gasteiger partial charge in [0.15, 0.2) is 12.4 Å². The molecule has 1 N–H and O–H groups in total. The molecule has 1 amide bonds. The molecule has 2 aromatic carbocycles. The summed E-state index contributed by atoms with van der Waals surface area (Å²) in [6.07, 6.45) is 0.618. The lowest BCUT2D eigenvalue weighted by Gasteiger charge is -2.13. The molecule has 0 aromatic heterocycles. The van der Waals surface area contributed by atoms with Crippen LogP contribution in [0.5, 0.6) is 5.75 Å². The number of Topliss-reactive ketones (excluding diaryl/α,β-unsaturated/α-hetero) is 1. The number of anilines is 1. The van der Waals surface area contributed by atoms with E-state index in [-0.39, 0.29) is 24.7 Å². The van der Waals surface area contributed by atoms with Crippen molar-refractivity contribution in [2.24, 2.45) is 0 Å². The number of carbonyl (C=O) groups is 3. The maximum absolute atomic E-state index is 12.1. The fourth-order valence-electron chi connectivity index (χ4n) is 2.96. The highest BCUT2D eigenvalue weighted by molar-refractivity contribution is 5.94. The average molecular weight is 397 g/mol.